The van der Waals surface area contributed by atoms with Gasteiger partial charge >= 0.3 is 6.09 Å². The Balaban J connectivity index is 1.44. The first kappa shape index (κ1) is 21.5. The van der Waals surface area contributed by atoms with E-state index in [4.69, 9.17) is 9.26 Å². The van der Waals surface area contributed by atoms with Gasteiger partial charge in [-0.05, 0) is 39.7 Å². The fraction of sp³-hybridized carbons (Fsp3) is 0.609. The number of carbonyl (C=O) groups excluding carboxylic acids is 1. The van der Waals surface area contributed by atoms with Gasteiger partial charge in [-0.3, -0.25) is 0 Å². The van der Waals surface area contributed by atoms with Gasteiger partial charge < -0.3 is 14.2 Å². The summed E-state index contributed by atoms with van der Waals surface area (Å²) in [6.45, 7) is 11.4. The molecule has 8 nitrogen and oxygen atoms in total. The van der Waals surface area contributed by atoms with Gasteiger partial charge in [-0.2, -0.15) is 4.98 Å². The summed E-state index contributed by atoms with van der Waals surface area (Å²) in [5.41, 5.74) is 2.49. The number of piperidine rings is 1. The van der Waals surface area contributed by atoms with E-state index < -0.39 is 5.60 Å². The van der Waals surface area contributed by atoms with Gasteiger partial charge in [0.05, 0.1) is 0 Å². The zero-order valence-corrected chi connectivity index (χ0v) is 18.9. The van der Waals surface area contributed by atoms with Crippen molar-refractivity contribution in [3.63, 3.8) is 0 Å². The predicted octanol–water partition coefficient (Wildman–Crippen LogP) is 4.84. The third kappa shape index (κ3) is 4.48. The van der Waals surface area contributed by atoms with Crippen molar-refractivity contribution in [2.45, 2.75) is 71.6 Å². The highest BCUT2D eigenvalue weighted by molar-refractivity contribution is 5.68. The molecule has 0 saturated carbocycles. The van der Waals surface area contributed by atoms with Gasteiger partial charge in [0, 0.05) is 51.3 Å². The van der Waals surface area contributed by atoms with Gasteiger partial charge in [0.2, 0.25) is 24.3 Å². The number of hydrogen-bond donors (Lipinski definition) is 0. The van der Waals surface area contributed by atoms with Crippen molar-refractivity contribution < 1.29 is 18.8 Å². The lowest BCUT2D eigenvalue weighted by molar-refractivity contribution is -0.603. The standard InChI is InChI=1S/C23H31N4O4/c1-14(2)19-18-12-16(6-7-17(18)13-27(19)29)20-24-21(31-25-20)15-8-10-26(11-9-15)22(28)30-23(3,4)5/h6-7,12,14-15,19H,8-11,13H2,1-5H3/q+1. The van der Waals surface area contributed by atoms with Gasteiger partial charge in [-0.1, -0.05) is 31.1 Å². The van der Waals surface area contributed by atoms with Crippen molar-refractivity contribution >= 4 is 6.09 Å². The third-order valence-electron chi connectivity index (χ3n) is 5.93. The van der Waals surface area contributed by atoms with Gasteiger partial charge in [0.15, 0.2) is 0 Å². The highest BCUT2D eigenvalue weighted by atomic mass is 16.6. The molecular weight excluding hydrogens is 396 g/mol. The maximum absolute atomic E-state index is 12.3. The lowest BCUT2D eigenvalue weighted by atomic mass is 9.94. The predicted molar refractivity (Wildman–Crippen MR) is 114 cm³/mol. The number of amides is 1. The maximum Gasteiger partial charge on any atom is 0.410 e. The van der Waals surface area contributed by atoms with Crippen LogP contribution in [0, 0.1) is 10.8 Å². The van der Waals surface area contributed by atoms with Crippen LogP contribution in [0.1, 0.15) is 76.4 Å². The Kier molecular flexibility index (Phi) is 5.58. The molecule has 2 aliphatic heterocycles. The molecule has 3 heterocycles. The minimum absolute atomic E-state index is 0.120. The Morgan fingerprint density at radius 1 is 1.26 bits per heavy atom. The number of fused-ring (bicyclic) bond motifs is 1. The van der Waals surface area contributed by atoms with Crippen LogP contribution >= 0.6 is 0 Å². The second kappa shape index (κ2) is 8.05. The number of benzene rings is 1. The summed E-state index contributed by atoms with van der Waals surface area (Å²) in [6, 6.07) is 5.83. The summed E-state index contributed by atoms with van der Waals surface area (Å²) in [4.78, 5) is 31.0. The van der Waals surface area contributed by atoms with Crippen molar-refractivity contribution in [2.24, 2.45) is 5.92 Å². The van der Waals surface area contributed by atoms with Gasteiger partial charge in [-0.25, -0.2) is 4.79 Å². The summed E-state index contributed by atoms with van der Waals surface area (Å²) in [7, 11) is 0. The van der Waals surface area contributed by atoms with Crippen LogP contribution in [-0.2, 0) is 11.3 Å². The minimum atomic E-state index is -0.497. The minimum Gasteiger partial charge on any atom is -0.444 e. The lowest BCUT2D eigenvalue weighted by Crippen LogP contribution is -2.41. The van der Waals surface area contributed by atoms with Crippen molar-refractivity contribution in [3.05, 3.63) is 40.1 Å². The molecule has 1 unspecified atom stereocenters. The van der Waals surface area contributed by atoms with Crippen LogP contribution in [0.5, 0.6) is 0 Å². The summed E-state index contributed by atoms with van der Waals surface area (Å²) in [5.74, 6) is 1.49. The van der Waals surface area contributed by atoms with Crippen molar-refractivity contribution in [1.29, 1.82) is 0 Å². The number of hydrogen-bond acceptors (Lipinski definition) is 6. The van der Waals surface area contributed by atoms with Gasteiger partial charge in [0.1, 0.15) is 5.60 Å². The number of nitrogens with zero attached hydrogens (tertiary/aromatic N) is 4. The van der Waals surface area contributed by atoms with Crippen LogP contribution in [0.25, 0.3) is 11.4 Å². The average molecular weight is 428 g/mol. The number of carbonyl (C=O) groups is 1. The highest BCUT2D eigenvalue weighted by Gasteiger charge is 2.40. The number of aromatic nitrogens is 2. The maximum atomic E-state index is 12.3. The summed E-state index contributed by atoms with van der Waals surface area (Å²) >= 11 is 0. The van der Waals surface area contributed by atoms with Crippen LogP contribution in [0.3, 0.4) is 0 Å². The molecule has 31 heavy (non-hydrogen) atoms. The molecule has 1 aromatic heterocycles. The van der Waals surface area contributed by atoms with E-state index in [1.807, 2.05) is 39.0 Å². The van der Waals surface area contributed by atoms with Crippen molar-refractivity contribution in [1.82, 2.24) is 15.0 Å². The van der Waals surface area contributed by atoms with E-state index >= 15 is 0 Å². The SMILES string of the molecule is CC(C)C1c2cc(-c3noc(C4CCN(C(=O)OC(C)(C)C)CC4)n3)ccc2C[N+]1=O. The average Bonchev–Trinajstić information content (AvgIpc) is 3.30. The van der Waals surface area contributed by atoms with Gasteiger partial charge in [-0.15, -0.1) is 0 Å². The molecule has 0 radical (unpaired) electrons. The second-order valence-electron chi connectivity index (χ2n) is 9.88. The molecule has 0 N–H and O–H groups in total. The highest BCUT2D eigenvalue weighted by Crippen LogP contribution is 2.37. The smallest absolute Gasteiger partial charge is 0.410 e. The van der Waals surface area contributed by atoms with Crippen LogP contribution in [0.15, 0.2) is 22.7 Å². The lowest BCUT2D eigenvalue weighted by Gasteiger charge is -2.32. The van der Waals surface area contributed by atoms with Crippen molar-refractivity contribution in [3.8, 4) is 11.4 Å². The number of rotatable bonds is 3. The van der Waals surface area contributed by atoms with Crippen LogP contribution in [-0.4, -0.2) is 44.6 Å². The molecule has 1 atom stereocenters. The molecule has 2 aromatic rings. The number of nitroso groups, excluding NO2 is 1. The molecule has 1 aromatic carbocycles. The van der Waals surface area contributed by atoms with Crippen LogP contribution in [0.4, 0.5) is 4.79 Å². The Morgan fingerprint density at radius 2 is 1.97 bits per heavy atom. The topological polar surface area (TPSA) is 88.5 Å². The molecule has 1 fully saturated rings. The normalized spacial score (nSPS) is 19.7. The first-order chi connectivity index (χ1) is 14.6. The zero-order chi connectivity index (χ0) is 22.3. The molecule has 4 rings (SSSR count). The first-order valence-corrected chi connectivity index (χ1v) is 11.0. The molecule has 1 saturated heterocycles. The monoisotopic (exact) mass is 427 g/mol. The fourth-order valence-electron chi connectivity index (χ4n) is 4.42. The molecular formula is C23H31N4O4+. The quantitative estimate of drug-likeness (QED) is 0.651. The van der Waals surface area contributed by atoms with E-state index in [1.54, 1.807) is 4.90 Å². The number of likely N-dealkylation sites (tertiary alicyclic amines) is 1. The summed E-state index contributed by atoms with van der Waals surface area (Å²) in [6.07, 6.45) is 1.24. The molecule has 0 aliphatic carbocycles. The number of ether oxygens (including phenoxy) is 1. The Labute approximate surface area is 182 Å². The van der Waals surface area contributed by atoms with E-state index in [2.05, 4.69) is 24.0 Å². The Morgan fingerprint density at radius 3 is 2.61 bits per heavy atom. The summed E-state index contributed by atoms with van der Waals surface area (Å²) in [5, 5.41) is 4.20. The van der Waals surface area contributed by atoms with E-state index in [-0.39, 0.29) is 24.0 Å². The molecule has 0 spiro atoms. The van der Waals surface area contributed by atoms with Crippen LogP contribution in [0.2, 0.25) is 0 Å². The molecule has 1 amide bonds. The Hall–Kier alpha value is -2.77. The zero-order valence-electron chi connectivity index (χ0n) is 18.9. The van der Waals surface area contributed by atoms with E-state index in [0.29, 0.717) is 31.3 Å². The molecule has 166 valence electrons. The molecule has 0 bridgehead atoms. The molecule has 8 heteroatoms. The van der Waals surface area contributed by atoms with Crippen LogP contribution < -0.4 is 0 Å². The van der Waals surface area contributed by atoms with Crippen molar-refractivity contribution in [2.75, 3.05) is 13.1 Å². The van der Waals surface area contributed by atoms with E-state index in [0.717, 1.165) is 34.3 Å². The summed E-state index contributed by atoms with van der Waals surface area (Å²) < 4.78 is 12.2. The van der Waals surface area contributed by atoms with Gasteiger partial charge in [0.25, 0.3) is 0 Å². The molecule has 2 aliphatic rings. The fourth-order valence-corrected chi connectivity index (χ4v) is 4.42. The third-order valence-corrected chi connectivity index (χ3v) is 5.93. The van der Waals surface area contributed by atoms with E-state index in [9.17, 15) is 9.70 Å². The Bertz CT molecular complexity index is 984. The van der Waals surface area contributed by atoms with E-state index in [1.165, 1.54) is 0 Å². The first-order valence-electron chi connectivity index (χ1n) is 11.0. The second-order valence-corrected chi connectivity index (χ2v) is 9.88. The largest absolute Gasteiger partial charge is 0.444 e.